The normalized spacial score (nSPS) is 12.2. The van der Waals surface area contributed by atoms with E-state index < -0.39 is 0 Å². The van der Waals surface area contributed by atoms with Crippen molar-refractivity contribution in [2.45, 2.75) is 19.9 Å². The summed E-state index contributed by atoms with van der Waals surface area (Å²) in [5, 5.41) is 2.83. The van der Waals surface area contributed by atoms with E-state index in [-0.39, 0.29) is 11.9 Å². The Labute approximate surface area is 114 Å². The number of aromatic nitrogens is 1. The predicted molar refractivity (Wildman–Crippen MR) is 71.3 cm³/mol. The lowest BCUT2D eigenvalue weighted by Gasteiger charge is -2.10. The van der Waals surface area contributed by atoms with E-state index in [1.54, 1.807) is 18.3 Å². The van der Waals surface area contributed by atoms with Crippen LogP contribution in [0.25, 0.3) is 0 Å². The fraction of sp³-hybridized carbons (Fsp3) is 0.231. The number of nitrogens with zero attached hydrogens (tertiary/aromatic N) is 1. The summed E-state index contributed by atoms with van der Waals surface area (Å²) in [4.78, 5) is 16.0. The molecule has 2 heterocycles. The average Bonchev–Trinajstić information content (AvgIpc) is 2.76. The second kappa shape index (κ2) is 5.35. The van der Waals surface area contributed by atoms with E-state index in [0.717, 1.165) is 16.0 Å². The minimum atomic E-state index is -0.218. The number of nitrogens with one attached hydrogen (secondary N) is 1. The van der Waals surface area contributed by atoms with Crippen LogP contribution in [0.4, 0.5) is 0 Å². The maximum Gasteiger partial charge on any atom is 0.270 e. The van der Waals surface area contributed by atoms with Crippen molar-refractivity contribution in [3.8, 4) is 0 Å². The minimum Gasteiger partial charge on any atom is -0.464 e. The third-order valence-electron chi connectivity index (χ3n) is 2.50. The quantitative estimate of drug-likeness (QED) is 0.947. The Bertz CT molecular complexity index is 548. The molecule has 18 heavy (non-hydrogen) atoms. The van der Waals surface area contributed by atoms with E-state index in [9.17, 15) is 4.79 Å². The van der Waals surface area contributed by atoms with Crippen LogP contribution < -0.4 is 5.32 Å². The fourth-order valence-corrected chi connectivity index (χ4v) is 1.77. The van der Waals surface area contributed by atoms with Gasteiger partial charge in [0.2, 0.25) is 0 Å². The van der Waals surface area contributed by atoms with Gasteiger partial charge in [0.1, 0.15) is 17.2 Å². The largest absolute Gasteiger partial charge is 0.464 e. The van der Waals surface area contributed by atoms with E-state index in [0.29, 0.717) is 5.69 Å². The van der Waals surface area contributed by atoms with Crippen LogP contribution in [-0.4, -0.2) is 10.9 Å². The molecule has 94 valence electrons. The van der Waals surface area contributed by atoms with Crippen molar-refractivity contribution < 1.29 is 9.21 Å². The van der Waals surface area contributed by atoms with Crippen LogP contribution in [0.2, 0.25) is 0 Å². The number of furan rings is 1. The van der Waals surface area contributed by atoms with Gasteiger partial charge in [-0.1, -0.05) is 0 Å². The molecule has 2 rings (SSSR count). The number of rotatable bonds is 3. The molecule has 0 aromatic carbocycles. The van der Waals surface area contributed by atoms with Gasteiger partial charge in [-0.25, -0.2) is 4.98 Å². The van der Waals surface area contributed by atoms with E-state index in [4.69, 9.17) is 4.42 Å². The second-order valence-electron chi connectivity index (χ2n) is 4.01. The van der Waals surface area contributed by atoms with Crippen molar-refractivity contribution in [3.05, 3.63) is 52.1 Å². The minimum absolute atomic E-state index is 0.184. The highest BCUT2D eigenvalue weighted by Gasteiger charge is 2.14. The van der Waals surface area contributed by atoms with Crippen molar-refractivity contribution in [1.29, 1.82) is 0 Å². The Kier molecular flexibility index (Phi) is 3.81. The average molecular weight is 309 g/mol. The number of carbonyl (C=O) groups is 1. The molecule has 0 spiro atoms. The van der Waals surface area contributed by atoms with Crippen LogP contribution in [0.3, 0.4) is 0 Å². The smallest absolute Gasteiger partial charge is 0.270 e. The van der Waals surface area contributed by atoms with Gasteiger partial charge >= 0.3 is 0 Å². The number of aryl methyl sites for hydroxylation is 1. The highest BCUT2D eigenvalue weighted by molar-refractivity contribution is 9.10. The highest BCUT2D eigenvalue weighted by atomic mass is 79.9. The lowest BCUT2D eigenvalue weighted by molar-refractivity contribution is 0.0930. The molecule has 0 bridgehead atoms. The van der Waals surface area contributed by atoms with Gasteiger partial charge in [-0.2, -0.15) is 0 Å². The van der Waals surface area contributed by atoms with E-state index >= 15 is 0 Å². The van der Waals surface area contributed by atoms with Crippen LogP contribution in [0.5, 0.6) is 0 Å². The second-order valence-corrected chi connectivity index (χ2v) is 4.92. The summed E-state index contributed by atoms with van der Waals surface area (Å²) >= 11 is 3.28. The van der Waals surface area contributed by atoms with Crippen LogP contribution in [-0.2, 0) is 0 Å². The lowest BCUT2D eigenvalue weighted by atomic mass is 10.2. The highest BCUT2D eigenvalue weighted by Crippen LogP contribution is 2.16. The number of hydrogen-bond donors (Lipinski definition) is 1. The first-order valence-electron chi connectivity index (χ1n) is 5.55. The van der Waals surface area contributed by atoms with Crippen molar-refractivity contribution >= 4 is 21.8 Å². The van der Waals surface area contributed by atoms with Crippen molar-refractivity contribution in [1.82, 2.24) is 10.3 Å². The Morgan fingerprint density at radius 2 is 2.17 bits per heavy atom. The zero-order valence-corrected chi connectivity index (χ0v) is 11.7. The van der Waals surface area contributed by atoms with Crippen LogP contribution in [0.1, 0.15) is 35.0 Å². The molecule has 2 aromatic heterocycles. The van der Waals surface area contributed by atoms with Crippen molar-refractivity contribution in [2.75, 3.05) is 0 Å². The number of pyridine rings is 1. The fourth-order valence-electron chi connectivity index (χ4n) is 1.54. The van der Waals surface area contributed by atoms with Gasteiger partial charge < -0.3 is 9.73 Å². The van der Waals surface area contributed by atoms with Gasteiger partial charge in [0, 0.05) is 10.7 Å². The van der Waals surface area contributed by atoms with Crippen LogP contribution in [0, 0.1) is 6.92 Å². The molecule has 1 N–H and O–H groups in total. The first-order valence-corrected chi connectivity index (χ1v) is 6.34. The molecule has 0 fully saturated rings. The molecule has 0 radical (unpaired) electrons. The summed E-state index contributed by atoms with van der Waals surface area (Å²) in [6, 6.07) is 6.99. The molecule has 1 unspecified atom stereocenters. The standard InChI is InChI=1S/C13H13BrN2O2/c1-8-3-6-12(18-8)9(2)16-13(17)11-5-4-10(14)7-15-11/h3-7,9H,1-2H3,(H,16,17). The van der Waals surface area contributed by atoms with Gasteiger partial charge in [0.05, 0.1) is 6.04 Å². The maximum atomic E-state index is 11.9. The van der Waals surface area contributed by atoms with Crippen LogP contribution in [0.15, 0.2) is 39.4 Å². The van der Waals surface area contributed by atoms with Gasteiger partial charge in [0.25, 0.3) is 5.91 Å². The molecular formula is C13H13BrN2O2. The van der Waals surface area contributed by atoms with Gasteiger partial charge in [-0.05, 0) is 54.0 Å². The lowest BCUT2D eigenvalue weighted by Crippen LogP contribution is -2.27. The SMILES string of the molecule is Cc1ccc(C(C)NC(=O)c2ccc(Br)cn2)o1. The summed E-state index contributed by atoms with van der Waals surface area (Å²) in [6.45, 7) is 3.74. The Hall–Kier alpha value is -1.62. The van der Waals surface area contributed by atoms with Crippen LogP contribution >= 0.6 is 15.9 Å². The number of carbonyl (C=O) groups excluding carboxylic acids is 1. The monoisotopic (exact) mass is 308 g/mol. The molecule has 5 heteroatoms. The zero-order valence-electron chi connectivity index (χ0n) is 10.1. The predicted octanol–water partition coefficient (Wildman–Crippen LogP) is 3.24. The molecule has 0 saturated carbocycles. The molecule has 1 atom stereocenters. The van der Waals surface area contributed by atoms with Crippen molar-refractivity contribution in [3.63, 3.8) is 0 Å². The Morgan fingerprint density at radius 1 is 1.39 bits per heavy atom. The topological polar surface area (TPSA) is 55.1 Å². The van der Waals surface area contributed by atoms with E-state index in [1.165, 1.54) is 0 Å². The third kappa shape index (κ3) is 2.98. The van der Waals surface area contributed by atoms with E-state index in [2.05, 4.69) is 26.2 Å². The molecule has 0 saturated heterocycles. The van der Waals surface area contributed by atoms with E-state index in [1.807, 2.05) is 26.0 Å². The molecule has 2 aromatic rings. The zero-order chi connectivity index (χ0) is 13.1. The van der Waals surface area contributed by atoms with Crippen molar-refractivity contribution in [2.24, 2.45) is 0 Å². The molecule has 4 nitrogen and oxygen atoms in total. The summed E-state index contributed by atoms with van der Waals surface area (Å²) in [5.41, 5.74) is 0.383. The van der Waals surface area contributed by atoms with Gasteiger partial charge in [-0.15, -0.1) is 0 Å². The number of amides is 1. The summed E-state index contributed by atoms with van der Waals surface area (Å²) < 4.78 is 6.30. The Morgan fingerprint density at radius 3 is 2.72 bits per heavy atom. The maximum absolute atomic E-state index is 11.9. The first-order chi connectivity index (χ1) is 8.56. The number of hydrogen-bond acceptors (Lipinski definition) is 3. The van der Waals surface area contributed by atoms with Gasteiger partial charge in [0.15, 0.2) is 0 Å². The first kappa shape index (κ1) is 12.8. The molecule has 1 amide bonds. The summed E-state index contributed by atoms with van der Waals surface area (Å²) in [5.74, 6) is 1.34. The summed E-state index contributed by atoms with van der Waals surface area (Å²) in [6.07, 6.45) is 1.59. The Balaban J connectivity index is 2.05. The summed E-state index contributed by atoms with van der Waals surface area (Å²) in [7, 11) is 0. The molecular weight excluding hydrogens is 296 g/mol. The molecule has 0 aliphatic carbocycles. The number of halogens is 1. The molecule has 0 aliphatic rings. The van der Waals surface area contributed by atoms with Gasteiger partial charge in [-0.3, -0.25) is 4.79 Å². The molecule has 0 aliphatic heterocycles. The third-order valence-corrected chi connectivity index (χ3v) is 2.96.